The maximum absolute atomic E-state index is 11.8. The number of carbonyl (C=O) groups excluding carboxylic acids is 2. The Hall–Kier alpha value is -1.85. The molecule has 0 bridgehead atoms. The summed E-state index contributed by atoms with van der Waals surface area (Å²) in [4.78, 5) is 25.0. The molecule has 1 unspecified atom stereocenters. The van der Waals surface area contributed by atoms with Crippen LogP contribution in [-0.2, 0) is 11.8 Å². The predicted octanol–water partition coefficient (Wildman–Crippen LogP) is 0.256. The van der Waals surface area contributed by atoms with E-state index in [9.17, 15) is 9.59 Å². The molecule has 6 heteroatoms. The smallest absolute Gasteiger partial charge is 0.242 e. The minimum Gasteiger partial charge on any atom is -0.357 e. The van der Waals surface area contributed by atoms with E-state index in [0.717, 1.165) is 31.5 Å². The highest BCUT2D eigenvalue weighted by Gasteiger charge is 2.33. The van der Waals surface area contributed by atoms with Crippen molar-refractivity contribution in [2.45, 2.75) is 25.8 Å². The first kappa shape index (κ1) is 12.6. The molecular formula is C12H18N4O2. The molecule has 0 aromatic carbocycles. The monoisotopic (exact) mass is 250 g/mol. The number of aryl methyl sites for hydroxylation is 2. The summed E-state index contributed by atoms with van der Waals surface area (Å²) in [5.41, 5.74) is 1.28. The molecule has 98 valence electrons. The Kier molecular flexibility index (Phi) is 3.36. The minimum atomic E-state index is -0.205. The van der Waals surface area contributed by atoms with E-state index < -0.39 is 0 Å². The molecular weight excluding hydrogens is 232 g/mol. The zero-order chi connectivity index (χ0) is 13.3. The van der Waals surface area contributed by atoms with Gasteiger partial charge in [0, 0.05) is 20.6 Å². The molecule has 1 N–H and O–H groups in total. The molecule has 0 radical (unpaired) electrons. The first-order valence-corrected chi connectivity index (χ1v) is 6.07. The van der Waals surface area contributed by atoms with Crippen LogP contribution >= 0.6 is 0 Å². The number of aromatic nitrogens is 2. The lowest BCUT2D eigenvalue weighted by molar-refractivity contribution is -0.121. The number of aldehydes is 1. The van der Waals surface area contributed by atoms with Gasteiger partial charge in [-0.15, -0.1) is 0 Å². The molecule has 1 atom stereocenters. The number of hydrogen-bond acceptors (Lipinski definition) is 4. The molecule has 2 heterocycles. The number of nitrogens with zero attached hydrogens (tertiary/aromatic N) is 3. The van der Waals surface area contributed by atoms with Crippen LogP contribution in [0.3, 0.4) is 0 Å². The number of nitrogens with one attached hydrogen (secondary N) is 1. The zero-order valence-corrected chi connectivity index (χ0v) is 10.9. The second kappa shape index (κ2) is 4.80. The van der Waals surface area contributed by atoms with Crippen LogP contribution in [0.15, 0.2) is 0 Å². The van der Waals surface area contributed by atoms with E-state index in [2.05, 4.69) is 10.4 Å². The van der Waals surface area contributed by atoms with E-state index >= 15 is 0 Å². The quantitative estimate of drug-likeness (QED) is 0.781. The van der Waals surface area contributed by atoms with Crippen LogP contribution in [0.5, 0.6) is 0 Å². The topological polar surface area (TPSA) is 67.2 Å². The summed E-state index contributed by atoms with van der Waals surface area (Å²) in [6, 6.07) is -0.205. The van der Waals surface area contributed by atoms with Crippen molar-refractivity contribution >= 4 is 18.0 Å². The van der Waals surface area contributed by atoms with Crippen LogP contribution in [0.4, 0.5) is 5.82 Å². The highest BCUT2D eigenvalue weighted by molar-refractivity contribution is 5.90. The maximum Gasteiger partial charge on any atom is 0.242 e. The van der Waals surface area contributed by atoms with E-state index in [1.807, 2.05) is 4.90 Å². The summed E-state index contributed by atoms with van der Waals surface area (Å²) in [5, 5.41) is 6.93. The van der Waals surface area contributed by atoms with Gasteiger partial charge in [-0.1, -0.05) is 0 Å². The molecule has 1 saturated heterocycles. The van der Waals surface area contributed by atoms with Crippen molar-refractivity contribution < 1.29 is 9.59 Å². The minimum absolute atomic E-state index is 0.0109. The van der Waals surface area contributed by atoms with Gasteiger partial charge >= 0.3 is 0 Å². The highest BCUT2D eigenvalue weighted by atomic mass is 16.2. The number of amides is 1. The molecule has 6 nitrogen and oxygen atoms in total. The Morgan fingerprint density at radius 3 is 2.89 bits per heavy atom. The van der Waals surface area contributed by atoms with Gasteiger partial charge in [-0.25, -0.2) is 0 Å². The number of likely N-dealkylation sites (N-methyl/N-ethyl adjacent to an activating group) is 1. The number of rotatable bonds is 3. The lowest BCUT2D eigenvalue weighted by Gasteiger charge is -2.25. The van der Waals surface area contributed by atoms with Gasteiger partial charge in [-0.05, 0) is 19.8 Å². The van der Waals surface area contributed by atoms with Gasteiger partial charge in [-0.3, -0.25) is 14.3 Å². The van der Waals surface area contributed by atoms with Crippen molar-refractivity contribution in [3.05, 3.63) is 11.3 Å². The fourth-order valence-electron chi connectivity index (χ4n) is 2.60. The molecule has 1 amide bonds. The van der Waals surface area contributed by atoms with Gasteiger partial charge in [0.2, 0.25) is 5.91 Å². The molecule has 1 aliphatic heterocycles. The summed E-state index contributed by atoms with van der Waals surface area (Å²) < 4.78 is 1.68. The normalized spacial score (nSPS) is 19.1. The first-order valence-electron chi connectivity index (χ1n) is 6.07. The van der Waals surface area contributed by atoms with Crippen LogP contribution in [0.2, 0.25) is 0 Å². The number of hydrogen-bond donors (Lipinski definition) is 1. The third kappa shape index (κ3) is 1.87. The Labute approximate surface area is 106 Å². The van der Waals surface area contributed by atoms with Crippen LogP contribution in [0, 0.1) is 6.92 Å². The predicted molar refractivity (Wildman–Crippen MR) is 67.8 cm³/mol. The van der Waals surface area contributed by atoms with Gasteiger partial charge < -0.3 is 10.2 Å². The number of carbonyl (C=O) groups is 2. The average molecular weight is 250 g/mol. The molecule has 2 rings (SSSR count). The summed E-state index contributed by atoms with van der Waals surface area (Å²) in [6.45, 7) is 2.58. The van der Waals surface area contributed by atoms with E-state index in [1.165, 1.54) is 0 Å². The standard InChI is InChI=1S/C12H18N4O2/c1-8-9(7-17)12(15(3)14-8)16-6-4-5-10(16)11(18)13-2/h7,10H,4-6H2,1-3H3,(H,13,18). The van der Waals surface area contributed by atoms with E-state index in [1.54, 1.807) is 25.7 Å². The van der Waals surface area contributed by atoms with Crippen LogP contribution in [-0.4, -0.2) is 41.6 Å². The van der Waals surface area contributed by atoms with Crippen LogP contribution in [0.1, 0.15) is 28.9 Å². The lowest BCUT2D eigenvalue weighted by atomic mass is 10.2. The van der Waals surface area contributed by atoms with Gasteiger partial charge in [0.15, 0.2) is 6.29 Å². The van der Waals surface area contributed by atoms with Gasteiger partial charge in [-0.2, -0.15) is 5.10 Å². The SMILES string of the molecule is CNC(=O)C1CCCN1c1c(C=O)c(C)nn1C. The third-order valence-electron chi connectivity index (χ3n) is 3.43. The van der Waals surface area contributed by atoms with Crippen molar-refractivity contribution in [1.82, 2.24) is 15.1 Å². The van der Waals surface area contributed by atoms with Gasteiger partial charge in [0.25, 0.3) is 0 Å². The fourth-order valence-corrected chi connectivity index (χ4v) is 2.60. The molecule has 1 aromatic heterocycles. The fraction of sp³-hybridized carbons (Fsp3) is 0.583. The zero-order valence-electron chi connectivity index (χ0n) is 10.9. The summed E-state index contributed by atoms with van der Waals surface area (Å²) >= 11 is 0. The van der Waals surface area contributed by atoms with Crippen molar-refractivity contribution in [2.75, 3.05) is 18.5 Å². The van der Waals surface area contributed by atoms with E-state index in [4.69, 9.17) is 0 Å². The summed E-state index contributed by atoms with van der Waals surface area (Å²) in [7, 11) is 3.43. The van der Waals surface area contributed by atoms with Gasteiger partial charge in [0.1, 0.15) is 11.9 Å². The Morgan fingerprint density at radius 2 is 2.28 bits per heavy atom. The molecule has 18 heavy (non-hydrogen) atoms. The van der Waals surface area contributed by atoms with Crippen molar-refractivity contribution in [1.29, 1.82) is 0 Å². The summed E-state index contributed by atoms with van der Waals surface area (Å²) in [5.74, 6) is 0.733. The molecule has 0 aliphatic carbocycles. The van der Waals surface area contributed by atoms with Crippen LogP contribution < -0.4 is 10.2 Å². The Bertz CT molecular complexity index is 481. The Balaban J connectivity index is 2.41. The van der Waals surface area contributed by atoms with Crippen LogP contribution in [0.25, 0.3) is 0 Å². The Morgan fingerprint density at radius 1 is 1.56 bits per heavy atom. The van der Waals surface area contributed by atoms with E-state index in [0.29, 0.717) is 11.3 Å². The average Bonchev–Trinajstić information content (AvgIpc) is 2.91. The second-order valence-corrected chi connectivity index (χ2v) is 4.53. The lowest BCUT2D eigenvalue weighted by Crippen LogP contribution is -2.43. The summed E-state index contributed by atoms with van der Waals surface area (Å²) in [6.07, 6.45) is 2.57. The van der Waals surface area contributed by atoms with Gasteiger partial charge in [0.05, 0.1) is 11.3 Å². The second-order valence-electron chi connectivity index (χ2n) is 4.53. The molecule has 0 spiro atoms. The van der Waals surface area contributed by atoms with Crippen molar-refractivity contribution in [3.63, 3.8) is 0 Å². The molecule has 1 aliphatic rings. The number of anilines is 1. The first-order chi connectivity index (χ1) is 8.60. The van der Waals surface area contributed by atoms with Crippen molar-refractivity contribution in [3.8, 4) is 0 Å². The maximum atomic E-state index is 11.8. The molecule has 0 saturated carbocycles. The largest absolute Gasteiger partial charge is 0.357 e. The molecule has 1 fully saturated rings. The van der Waals surface area contributed by atoms with E-state index in [-0.39, 0.29) is 11.9 Å². The highest BCUT2D eigenvalue weighted by Crippen LogP contribution is 2.29. The van der Waals surface area contributed by atoms with Crippen molar-refractivity contribution in [2.24, 2.45) is 7.05 Å². The third-order valence-corrected chi connectivity index (χ3v) is 3.43. The molecule has 1 aromatic rings.